The van der Waals surface area contributed by atoms with E-state index in [4.69, 9.17) is 23.9 Å². The smallest absolute Gasteiger partial charge is 0.221 e. The largest absolute Gasteiger partial charge is 0.494 e. The number of aliphatic imine (C=N–C) groups is 1. The molecule has 4 rings (SSSR count). The molecule has 0 bridgehead atoms. The van der Waals surface area contributed by atoms with Crippen molar-refractivity contribution >= 4 is 11.6 Å². The van der Waals surface area contributed by atoms with Crippen LogP contribution in [0.3, 0.4) is 0 Å². The third-order valence-electron chi connectivity index (χ3n) is 5.47. The molecule has 0 aliphatic carbocycles. The Morgan fingerprint density at radius 3 is 2.39 bits per heavy atom. The molecule has 160 valence electrons. The van der Waals surface area contributed by atoms with Crippen LogP contribution in [0.2, 0.25) is 0 Å². The molecular weight excluding hydrogens is 390 g/mol. The van der Waals surface area contributed by atoms with Crippen molar-refractivity contribution in [3.8, 4) is 17.2 Å². The zero-order chi connectivity index (χ0) is 21.8. The predicted molar refractivity (Wildman–Crippen MR) is 122 cm³/mol. The molecule has 0 saturated heterocycles. The number of nitrogens with zero attached hydrogens (tertiary/aromatic N) is 1. The first-order valence-corrected chi connectivity index (χ1v) is 10.4. The van der Waals surface area contributed by atoms with Crippen molar-refractivity contribution in [2.45, 2.75) is 25.9 Å². The molecule has 0 saturated carbocycles. The summed E-state index contributed by atoms with van der Waals surface area (Å²) in [5, 5.41) is 0. The lowest BCUT2D eigenvalue weighted by Gasteiger charge is -2.25. The number of methoxy groups -OCH3 is 2. The van der Waals surface area contributed by atoms with Crippen molar-refractivity contribution in [2.24, 2.45) is 4.99 Å². The average Bonchev–Trinajstić information content (AvgIpc) is 2.96. The summed E-state index contributed by atoms with van der Waals surface area (Å²) in [7, 11) is 3.27. The van der Waals surface area contributed by atoms with Crippen LogP contribution in [-0.2, 0) is 4.74 Å². The van der Waals surface area contributed by atoms with Gasteiger partial charge in [0.2, 0.25) is 5.90 Å². The Morgan fingerprint density at radius 2 is 1.68 bits per heavy atom. The summed E-state index contributed by atoms with van der Waals surface area (Å²) in [5.74, 6) is 2.80. The molecule has 0 N–H and O–H groups in total. The second-order valence-corrected chi connectivity index (χ2v) is 7.38. The highest BCUT2D eigenvalue weighted by molar-refractivity contribution is 5.96. The number of benzene rings is 3. The summed E-state index contributed by atoms with van der Waals surface area (Å²) in [4.78, 5) is 4.90. The van der Waals surface area contributed by atoms with Crippen LogP contribution in [0.4, 0.5) is 5.69 Å². The average molecular weight is 418 g/mol. The van der Waals surface area contributed by atoms with Crippen LogP contribution >= 0.6 is 0 Å². The first kappa shape index (κ1) is 20.8. The van der Waals surface area contributed by atoms with E-state index in [9.17, 15) is 0 Å². The minimum atomic E-state index is -0.267. The molecule has 0 aromatic heterocycles. The summed E-state index contributed by atoms with van der Waals surface area (Å²) < 4.78 is 23.3. The Labute approximate surface area is 183 Å². The zero-order valence-corrected chi connectivity index (χ0v) is 18.3. The zero-order valence-electron chi connectivity index (χ0n) is 18.3. The lowest BCUT2D eigenvalue weighted by Crippen LogP contribution is -2.16. The monoisotopic (exact) mass is 417 g/mol. The summed E-state index contributed by atoms with van der Waals surface area (Å²) in [5.41, 5.74) is 3.89. The number of rotatable bonds is 6. The molecule has 0 amide bonds. The van der Waals surface area contributed by atoms with Crippen LogP contribution in [0, 0.1) is 0 Å². The fourth-order valence-corrected chi connectivity index (χ4v) is 3.88. The first-order chi connectivity index (χ1) is 15.1. The molecule has 5 heteroatoms. The molecule has 1 aliphatic heterocycles. The molecule has 0 radical (unpaired) electrons. The van der Waals surface area contributed by atoms with Crippen molar-refractivity contribution in [2.75, 3.05) is 20.8 Å². The highest BCUT2D eigenvalue weighted by Gasteiger charge is 2.30. The molecule has 3 aromatic carbocycles. The highest BCUT2D eigenvalue weighted by atomic mass is 16.5. The maximum atomic E-state index is 6.56. The van der Waals surface area contributed by atoms with E-state index in [1.54, 1.807) is 14.2 Å². The van der Waals surface area contributed by atoms with Crippen LogP contribution in [0.25, 0.3) is 0 Å². The third kappa shape index (κ3) is 4.22. The van der Waals surface area contributed by atoms with E-state index >= 15 is 0 Å². The van der Waals surface area contributed by atoms with Crippen LogP contribution in [0.15, 0.2) is 71.7 Å². The van der Waals surface area contributed by atoms with Gasteiger partial charge in [-0.25, -0.2) is 4.99 Å². The van der Waals surface area contributed by atoms with Crippen LogP contribution < -0.4 is 14.2 Å². The molecule has 0 fully saturated rings. The molecule has 5 nitrogen and oxygen atoms in total. The fraction of sp³-hybridized carbons (Fsp3) is 0.269. The highest BCUT2D eigenvalue weighted by Crippen LogP contribution is 2.44. The lowest BCUT2D eigenvalue weighted by atomic mass is 9.89. The number of fused-ring (bicyclic) bond motifs is 1. The minimum absolute atomic E-state index is 0.0264. The van der Waals surface area contributed by atoms with E-state index in [1.807, 2.05) is 67.6 Å². The molecular formula is C26H27NO4. The van der Waals surface area contributed by atoms with E-state index in [1.165, 1.54) is 0 Å². The molecule has 1 aliphatic rings. The molecule has 0 spiro atoms. The van der Waals surface area contributed by atoms with Crippen molar-refractivity contribution in [1.82, 2.24) is 0 Å². The summed E-state index contributed by atoms with van der Waals surface area (Å²) >= 11 is 0. The quantitative estimate of drug-likeness (QED) is 0.489. The van der Waals surface area contributed by atoms with Crippen molar-refractivity contribution < 1.29 is 18.9 Å². The second kappa shape index (κ2) is 9.13. The Kier molecular flexibility index (Phi) is 6.12. The molecule has 1 heterocycles. The van der Waals surface area contributed by atoms with E-state index in [2.05, 4.69) is 13.0 Å². The molecule has 0 unspecified atom stereocenters. The number of hydrogen-bond acceptors (Lipinski definition) is 5. The second-order valence-electron chi connectivity index (χ2n) is 7.38. The lowest BCUT2D eigenvalue weighted by molar-refractivity contribution is 0.169. The van der Waals surface area contributed by atoms with Gasteiger partial charge in [0, 0.05) is 11.5 Å². The minimum Gasteiger partial charge on any atom is -0.494 e. The summed E-state index contributed by atoms with van der Waals surface area (Å²) in [6, 6.07) is 21.9. The van der Waals surface area contributed by atoms with Crippen molar-refractivity contribution in [3.05, 3.63) is 83.4 Å². The van der Waals surface area contributed by atoms with Gasteiger partial charge in [-0.3, -0.25) is 0 Å². The van der Waals surface area contributed by atoms with Gasteiger partial charge in [0.1, 0.15) is 11.9 Å². The van der Waals surface area contributed by atoms with Gasteiger partial charge in [-0.2, -0.15) is 0 Å². The summed E-state index contributed by atoms with van der Waals surface area (Å²) in [6.07, 6.45) is -0.267. The maximum Gasteiger partial charge on any atom is 0.221 e. The molecule has 3 aromatic rings. The van der Waals surface area contributed by atoms with Gasteiger partial charge < -0.3 is 18.9 Å². The molecule has 2 atom stereocenters. The Bertz CT molecular complexity index is 1080. The van der Waals surface area contributed by atoms with E-state index in [0.29, 0.717) is 24.0 Å². The van der Waals surface area contributed by atoms with Crippen LogP contribution in [-0.4, -0.2) is 26.7 Å². The van der Waals surface area contributed by atoms with Crippen molar-refractivity contribution in [1.29, 1.82) is 0 Å². The first-order valence-electron chi connectivity index (χ1n) is 10.4. The predicted octanol–water partition coefficient (Wildman–Crippen LogP) is 6.06. The fourth-order valence-electron chi connectivity index (χ4n) is 3.88. The van der Waals surface area contributed by atoms with E-state index < -0.39 is 0 Å². The van der Waals surface area contributed by atoms with Gasteiger partial charge in [0.25, 0.3) is 0 Å². The van der Waals surface area contributed by atoms with Gasteiger partial charge in [-0.05, 0) is 60.5 Å². The standard InChI is InChI=1S/C26H27NO4/c1-5-30-20-12-13-22-21(16-20)17(2)25(19-11-14-23(28-3)24(15-19)29-4)31-26(27-22)18-9-7-6-8-10-18/h6-17,25H,5H2,1-4H3/t17-,25-/m0/s1. The third-order valence-corrected chi connectivity index (χ3v) is 5.47. The Balaban J connectivity index is 1.84. The van der Waals surface area contributed by atoms with Crippen molar-refractivity contribution in [3.63, 3.8) is 0 Å². The van der Waals surface area contributed by atoms with Crippen LogP contribution in [0.1, 0.15) is 42.6 Å². The van der Waals surface area contributed by atoms with Crippen LogP contribution in [0.5, 0.6) is 17.2 Å². The van der Waals surface area contributed by atoms with Gasteiger partial charge in [-0.1, -0.05) is 31.2 Å². The Morgan fingerprint density at radius 1 is 0.903 bits per heavy atom. The van der Waals surface area contributed by atoms with E-state index in [0.717, 1.165) is 28.1 Å². The van der Waals surface area contributed by atoms with E-state index in [-0.39, 0.29) is 12.0 Å². The molecule has 31 heavy (non-hydrogen) atoms. The van der Waals surface area contributed by atoms with Gasteiger partial charge in [0.15, 0.2) is 11.5 Å². The Hall–Kier alpha value is -3.47. The normalized spacial score (nSPS) is 17.6. The number of ether oxygens (including phenoxy) is 4. The maximum absolute atomic E-state index is 6.56. The summed E-state index contributed by atoms with van der Waals surface area (Å²) in [6.45, 7) is 4.75. The van der Waals surface area contributed by atoms with Gasteiger partial charge in [-0.15, -0.1) is 0 Å². The van der Waals surface area contributed by atoms with Gasteiger partial charge in [0.05, 0.1) is 26.5 Å². The SMILES string of the molecule is CCOc1ccc2c(c1)[C@H](C)[C@@H](c1ccc(OC)c(OC)c1)OC(c1ccccc1)=N2. The topological polar surface area (TPSA) is 49.3 Å². The van der Waals surface area contributed by atoms with Gasteiger partial charge >= 0.3 is 0 Å². The number of hydrogen-bond donors (Lipinski definition) is 0.